The number of rotatable bonds is 6. The third-order valence-corrected chi connectivity index (χ3v) is 5.13. The van der Waals surface area contributed by atoms with Gasteiger partial charge in [0.2, 0.25) is 0 Å². The van der Waals surface area contributed by atoms with Gasteiger partial charge in [0.05, 0.1) is 27.9 Å². The van der Waals surface area contributed by atoms with Gasteiger partial charge in [-0.15, -0.1) is 0 Å². The molecule has 3 rings (SSSR count). The summed E-state index contributed by atoms with van der Waals surface area (Å²) in [5, 5.41) is 43.1. The van der Waals surface area contributed by atoms with E-state index in [1.165, 1.54) is 4.90 Å². The molecule has 1 aliphatic rings. The Hall–Kier alpha value is -2.49. The predicted octanol–water partition coefficient (Wildman–Crippen LogP) is 2.82. The molecule has 0 aromatic heterocycles. The number of fused-ring (bicyclic) bond motifs is 1. The zero-order valence-corrected chi connectivity index (χ0v) is 16.6. The minimum atomic E-state index is -1.55. The van der Waals surface area contributed by atoms with Crippen LogP contribution >= 0.6 is 23.2 Å². The second kappa shape index (κ2) is 8.48. The van der Waals surface area contributed by atoms with E-state index in [1.54, 1.807) is 43.4 Å². The van der Waals surface area contributed by atoms with Gasteiger partial charge in [0, 0.05) is 24.7 Å². The van der Waals surface area contributed by atoms with Crippen molar-refractivity contribution in [3.05, 3.63) is 57.6 Å². The number of hydrogen-bond acceptors (Lipinski definition) is 7. The largest absolute Gasteiger partial charge is 0.507 e. The van der Waals surface area contributed by atoms with Gasteiger partial charge in [0.15, 0.2) is 6.23 Å². The number of halogens is 2. The lowest BCUT2D eigenvalue weighted by Crippen LogP contribution is -2.46. The molecule has 2 atom stereocenters. The Kier molecular flexibility index (Phi) is 6.21. The number of nitrogens with one attached hydrogen (secondary N) is 1. The molecule has 0 spiro atoms. The van der Waals surface area contributed by atoms with Crippen molar-refractivity contribution in [2.45, 2.75) is 12.5 Å². The zero-order valence-electron chi connectivity index (χ0n) is 15.1. The highest BCUT2D eigenvalue weighted by Gasteiger charge is 2.34. The molecule has 10 heteroatoms. The first kappa shape index (κ1) is 21.2. The van der Waals surface area contributed by atoms with Crippen LogP contribution in [0.1, 0.15) is 5.56 Å². The van der Waals surface area contributed by atoms with E-state index in [1.807, 2.05) is 0 Å². The molecule has 0 fully saturated rings. The summed E-state index contributed by atoms with van der Waals surface area (Å²) in [6, 6.07) is 9.56. The molecule has 0 bridgehead atoms. The predicted molar refractivity (Wildman–Crippen MR) is 109 cm³/mol. The smallest absolute Gasteiger partial charge is 0.317 e. The van der Waals surface area contributed by atoms with Crippen molar-refractivity contribution in [1.82, 2.24) is 5.32 Å². The molecule has 0 amide bonds. The first-order valence-electron chi connectivity index (χ1n) is 8.43. The Labute approximate surface area is 176 Å². The van der Waals surface area contributed by atoms with Crippen LogP contribution in [0.4, 0.5) is 5.69 Å². The number of aliphatic hydroxyl groups excluding tert-OH is 3. The maximum Gasteiger partial charge on any atom is 0.317 e. The zero-order chi connectivity index (χ0) is 21.3. The third-order valence-electron chi connectivity index (χ3n) is 4.39. The molecule has 8 nitrogen and oxygen atoms in total. The molecular weight excluding hydrogens is 423 g/mol. The summed E-state index contributed by atoms with van der Waals surface area (Å²) in [6.07, 6.45) is -2.94. The topological polar surface area (TPSA) is 122 Å². The summed E-state index contributed by atoms with van der Waals surface area (Å²) in [5.41, 5.74) is 0.631. The molecular formula is C19H18Cl2N2O6. The normalized spacial score (nSPS) is 17.1. The van der Waals surface area contributed by atoms with Gasteiger partial charge in [-0.3, -0.25) is 10.1 Å². The van der Waals surface area contributed by atoms with Crippen LogP contribution in [0.25, 0.3) is 5.76 Å². The fourth-order valence-corrected chi connectivity index (χ4v) is 3.21. The first-order chi connectivity index (χ1) is 13.7. The maximum absolute atomic E-state index is 10.7. The summed E-state index contributed by atoms with van der Waals surface area (Å²) in [6.45, 7) is -0.544. The van der Waals surface area contributed by atoms with E-state index in [4.69, 9.17) is 33.0 Å². The van der Waals surface area contributed by atoms with E-state index < -0.39 is 25.0 Å². The molecule has 0 saturated carbocycles. The average molecular weight is 441 g/mol. The van der Waals surface area contributed by atoms with Crippen molar-refractivity contribution in [2.24, 2.45) is 0 Å². The molecule has 29 heavy (non-hydrogen) atoms. The number of anilines is 1. The minimum Gasteiger partial charge on any atom is -0.507 e. The van der Waals surface area contributed by atoms with Crippen LogP contribution in [0.15, 0.2) is 42.0 Å². The summed E-state index contributed by atoms with van der Waals surface area (Å²) < 4.78 is 5.76. The number of ether oxygens (including phenoxy) is 1. The minimum absolute atomic E-state index is 0.153. The molecule has 1 aliphatic heterocycles. The number of carboxylic acid groups (broad SMARTS) is 1. The van der Waals surface area contributed by atoms with Crippen LogP contribution < -0.4 is 15.0 Å². The monoisotopic (exact) mass is 440 g/mol. The number of likely N-dealkylation sites (N-methyl/N-ethyl adjacent to an activating group) is 1. The number of aliphatic hydroxyl groups is 3. The SMILES string of the molecule is CN1c2cc(Oc3ccc(Cl)c(Cl)c3)ccc2C(O)=C([C@H](O)NCC(=O)O)C1O. The molecule has 0 radical (unpaired) electrons. The van der Waals surface area contributed by atoms with Crippen molar-refractivity contribution in [1.29, 1.82) is 0 Å². The van der Waals surface area contributed by atoms with Crippen LogP contribution in [-0.2, 0) is 4.79 Å². The van der Waals surface area contributed by atoms with Crippen molar-refractivity contribution >= 4 is 40.6 Å². The van der Waals surface area contributed by atoms with Crippen LogP contribution in [0.5, 0.6) is 11.5 Å². The summed E-state index contributed by atoms with van der Waals surface area (Å²) >= 11 is 11.9. The van der Waals surface area contributed by atoms with Gasteiger partial charge in [-0.05, 0) is 24.3 Å². The van der Waals surface area contributed by atoms with Crippen LogP contribution in [-0.4, -0.2) is 52.4 Å². The lowest BCUT2D eigenvalue weighted by molar-refractivity contribution is -0.136. The molecule has 0 saturated heterocycles. The Morgan fingerprint density at radius 3 is 2.52 bits per heavy atom. The van der Waals surface area contributed by atoms with Crippen molar-refractivity contribution < 1.29 is 30.0 Å². The molecule has 154 valence electrons. The Morgan fingerprint density at radius 2 is 1.86 bits per heavy atom. The van der Waals surface area contributed by atoms with Gasteiger partial charge >= 0.3 is 5.97 Å². The lowest BCUT2D eigenvalue weighted by atomic mass is 9.97. The van der Waals surface area contributed by atoms with E-state index in [0.717, 1.165) is 0 Å². The molecule has 2 aromatic carbocycles. The van der Waals surface area contributed by atoms with E-state index in [2.05, 4.69) is 5.32 Å². The number of aliphatic carboxylic acids is 1. The van der Waals surface area contributed by atoms with Gasteiger partial charge in [0.25, 0.3) is 0 Å². The quantitative estimate of drug-likeness (QED) is 0.434. The second-order valence-electron chi connectivity index (χ2n) is 6.32. The summed E-state index contributed by atoms with van der Waals surface area (Å²) in [4.78, 5) is 12.1. The van der Waals surface area contributed by atoms with Gasteiger partial charge in [-0.25, -0.2) is 0 Å². The fourth-order valence-electron chi connectivity index (χ4n) is 2.93. The van der Waals surface area contributed by atoms with Crippen LogP contribution in [0.3, 0.4) is 0 Å². The lowest BCUT2D eigenvalue weighted by Gasteiger charge is -2.36. The number of carbonyl (C=O) groups is 1. The number of nitrogens with zero attached hydrogens (tertiary/aromatic N) is 1. The molecule has 5 N–H and O–H groups in total. The van der Waals surface area contributed by atoms with Gasteiger partial charge < -0.3 is 30.1 Å². The number of hydrogen-bond donors (Lipinski definition) is 5. The second-order valence-corrected chi connectivity index (χ2v) is 7.14. The summed E-state index contributed by atoms with van der Waals surface area (Å²) in [7, 11) is 1.56. The fraction of sp³-hybridized carbons (Fsp3) is 0.211. The van der Waals surface area contributed by atoms with Crippen molar-refractivity contribution in [2.75, 3.05) is 18.5 Å². The Balaban J connectivity index is 1.92. The van der Waals surface area contributed by atoms with E-state index in [9.17, 15) is 20.1 Å². The highest BCUT2D eigenvalue weighted by atomic mass is 35.5. The average Bonchev–Trinajstić information content (AvgIpc) is 2.67. The summed E-state index contributed by atoms with van der Waals surface area (Å²) in [5.74, 6) is -0.668. The molecule has 2 aromatic rings. The van der Waals surface area contributed by atoms with Crippen LogP contribution in [0, 0.1) is 0 Å². The molecule has 1 unspecified atom stereocenters. The van der Waals surface area contributed by atoms with Crippen molar-refractivity contribution in [3.63, 3.8) is 0 Å². The number of benzene rings is 2. The van der Waals surface area contributed by atoms with Crippen molar-refractivity contribution in [3.8, 4) is 11.5 Å². The Bertz CT molecular complexity index is 981. The molecule has 0 aliphatic carbocycles. The van der Waals surface area contributed by atoms with Gasteiger partial charge in [-0.1, -0.05) is 23.2 Å². The third kappa shape index (κ3) is 4.42. The van der Waals surface area contributed by atoms with Gasteiger partial charge in [-0.2, -0.15) is 0 Å². The van der Waals surface area contributed by atoms with E-state index >= 15 is 0 Å². The maximum atomic E-state index is 10.7. The highest BCUT2D eigenvalue weighted by Crippen LogP contribution is 2.39. The standard InChI is InChI=1S/C19H18Cl2N2O6/c1-23-14-7-10(29-9-3-5-12(20)13(21)6-9)2-4-11(14)17(26)16(19(23)28)18(27)22-8-15(24)25/h2-7,18-19,22,26-28H,8H2,1H3,(H,24,25)/t18-,19?/m0/s1. The Morgan fingerprint density at radius 1 is 1.21 bits per heavy atom. The van der Waals surface area contributed by atoms with Gasteiger partial charge in [0.1, 0.15) is 23.5 Å². The molecule has 1 heterocycles. The van der Waals surface area contributed by atoms with E-state index in [-0.39, 0.29) is 11.3 Å². The van der Waals surface area contributed by atoms with E-state index in [0.29, 0.717) is 32.8 Å². The number of carboxylic acids is 1. The van der Waals surface area contributed by atoms with Crippen LogP contribution in [0.2, 0.25) is 10.0 Å². The first-order valence-corrected chi connectivity index (χ1v) is 9.19. The highest BCUT2D eigenvalue weighted by molar-refractivity contribution is 6.42.